The summed E-state index contributed by atoms with van der Waals surface area (Å²) in [6.45, 7) is 9.89. The molecule has 2 aromatic rings. The third kappa shape index (κ3) is 4.19. The molecule has 0 aliphatic rings. The summed E-state index contributed by atoms with van der Waals surface area (Å²) < 4.78 is 12.2. The van der Waals surface area contributed by atoms with E-state index in [1.807, 2.05) is 58.9 Å². The van der Waals surface area contributed by atoms with Crippen LogP contribution in [0.3, 0.4) is 0 Å². The number of hydrogen-bond acceptors (Lipinski definition) is 4. The molecule has 0 saturated carbocycles. The average Bonchev–Trinajstić information content (AvgIpc) is 2.43. The third-order valence-corrected chi connectivity index (χ3v) is 3.47. The van der Waals surface area contributed by atoms with Gasteiger partial charge in [-0.2, -0.15) is 9.97 Å². The Kier molecular flexibility index (Phi) is 5.40. The molecule has 22 heavy (non-hydrogen) atoms. The Labute approximate surface area is 140 Å². The topological polar surface area (TPSA) is 44.2 Å². The largest absolute Gasteiger partial charge is 0.474 e. The molecule has 1 heterocycles. The second-order valence-electron chi connectivity index (χ2n) is 5.67. The van der Waals surface area contributed by atoms with Gasteiger partial charge in [0.05, 0.1) is 12.2 Å². The summed E-state index contributed by atoms with van der Waals surface area (Å²) in [7, 11) is 0. The number of hydrogen-bond donors (Lipinski definition) is 0. The van der Waals surface area contributed by atoms with Crippen LogP contribution in [0.1, 0.15) is 33.3 Å². The predicted octanol–water partition coefficient (Wildman–Crippen LogP) is 4.79. The molecule has 1 aromatic heterocycles. The van der Waals surface area contributed by atoms with Crippen molar-refractivity contribution in [2.75, 3.05) is 0 Å². The van der Waals surface area contributed by atoms with Crippen LogP contribution in [0.15, 0.2) is 28.7 Å². The molecule has 0 saturated heterocycles. The third-order valence-electron chi connectivity index (χ3n) is 2.79. The van der Waals surface area contributed by atoms with Gasteiger partial charge < -0.3 is 9.47 Å². The number of halogens is 1. The van der Waals surface area contributed by atoms with Crippen molar-refractivity contribution in [3.8, 4) is 23.1 Å². The Balaban J connectivity index is 2.50. The molecule has 4 nitrogen and oxygen atoms in total. The van der Waals surface area contributed by atoms with Gasteiger partial charge in [0, 0.05) is 5.56 Å². The van der Waals surface area contributed by atoms with E-state index in [9.17, 15) is 0 Å². The minimum Gasteiger partial charge on any atom is -0.474 e. The molecule has 0 radical (unpaired) electrons. The molecular weight excluding hydrogens is 344 g/mol. The number of aromatic nitrogens is 2. The zero-order valence-corrected chi connectivity index (χ0v) is 15.1. The van der Waals surface area contributed by atoms with E-state index < -0.39 is 0 Å². The number of aryl methyl sites for hydroxylation is 1. The van der Waals surface area contributed by atoms with Crippen molar-refractivity contribution < 1.29 is 9.47 Å². The lowest BCUT2D eigenvalue weighted by Gasteiger charge is -2.16. The van der Waals surface area contributed by atoms with Crippen molar-refractivity contribution in [3.05, 3.63) is 34.3 Å². The van der Waals surface area contributed by atoms with Crippen molar-refractivity contribution in [3.63, 3.8) is 0 Å². The first-order valence-electron chi connectivity index (χ1n) is 7.34. The van der Waals surface area contributed by atoms with Crippen LogP contribution in [-0.2, 0) is 0 Å². The maximum Gasteiger partial charge on any atom is 0.235 e. The van der Waals surface area contributed by atoms with Gasteiger partial charge in [-0.1, -0.05) is 29.8 Å². The highest BCUT2D eigenvalue weighted by Crippen LogP contribution is 2.34. The molecule has 0 aliphatic carbocycles. The normalized spacial score (nSPS) is 11.1. The van der Waals surface area contributed by atoms with Crippen molar-refractivity contribution >= 4 is 15.9 Å². The van der Waals surface area contributed by atoms with Gasteiger partial charge in [0.15, 0.2) is 5.82 Å². The highest BCUT2D eigenvalue weighted by molar-refractivity contribution is 9.10. The van der Waals surface area contributed by atoms with Gasteiger partial charge in [-0.05, 0) is 50.5 Å². The first-order chi connectivity index (χ1) is 10.4. The van der Waals surface area contributed by atoms with E-state index in [2.05, 4.69) is 25.9 Å². The van der Waals surface area contributed by atoms with Crippen LogP contribution in [-0.4, -0.2) is 22.2 Å². The maximum atomic E-state index is 5.78. The van der Waals surface area contributed by atoms with Gasteiger partial charge in [-0.25, -0.2) is 0 Å². The zero-order chi connectivity index (χ0) is 16.3. The summed E-state index contributed by atoms with van der Waals surface area (Å²) in [5.41, 5.74) is 2.12. The standard InChI is InChI=1S/C17H21BrN2O2/c1-10(2)21-16-14(18)17(22-11(3)4)20-15(19-16)13-8-6-12(5)7-9-13/h6-11H,1-5H3. The van der Waals surface area contributed by atoms with Crippen LogP contribution in [0.4, 0.5) is 0 Å². The predicted molar refractivity (Wildman–Crippen MR) is 91.4 cm³/mol. The monoisotopic (exact) mass is 364 g/mol. The van der Waals surface area contributed by atoms with Gasteiger partial charge >= 0.3 is 0 Å². The summed E-state index contributed by atoms with van der Waals surface area (Å²) in [6.07, 6.45) is 0.0351. The summed E-state index contributed by atoms with van der Waals surface area (Å²) in [5.74, 6) is 1.59. The fourth-order valence-corrected chi connectivity index (χ4v) is 2.21. The highest BCUT2D eigenvalue weighted by Gasteiger charge is 2.17. The van der Waals surface area contributed by atoms with Gasteiger partial charge in [0.1, 0.15) is 4.47 Å². The lowest BCUT2D eigenvalue weighted by atomic mass is 10.1. The fraction of sp³-hybridized carbons (Fsp3) is 0.412. The molecule has 0 N–H and O–H groups in total. The zero-order valence-electron chi connectivity index (χ0n) is 13.6. The van der Waals surface area contributed by atoms with E-state index in [-0.39, 0.29) is 12.2 Å². The van der Waals surface area contributed by atoms with E-state index in [0.29, 0.717) is 22.1 Å². The first-order valence-corrected chi connectivity index (χ1v) is 8.14. The number of nitrogens with zero attached hydrogens (tertiary/aromatic N) is 2. The van der Waals surface area contributed by atoms with Crippen LogP contribution < -0.4 is 9.47 Å². The summed E-state index contributed by atoms with van der Waals surface area (Å²) in [6, 6.07) is 8.06. The Morgan fingerprint density at radius 2 is 1.32 bits per heavy atom. The smallest absolute Gasteiger partial charge is 0.235 e. The van der Waals surface area contributed by atoms with E-state index in [4.69, 9.17) is 9.47 Å². The Hall–Kier alpha value is -1.62. The van der Waals surface area contributed by atoms with Crippen LogP contribution in [0.5, 0.6) is 11.8 Å². The molecule has 5 heteroatoms. The molecule has 0 unspecified atom stereocenters. The Bertz CT molecular complexity index is 609. The van der Waals surface area contributed by atoms with Crippen molar-refractivity contribution in [1.29, 1.82) is 0 Å². The molecule has 0 atom stereocenters. The summed E-state index contributed by atoms with van der Waals surface area (Å²) in [4.78, 5) is 9.04. The van der Waals surface area contributed by atoms with E-state index in [1.54, 1.807) is 0 Å². The van der Waals surface area contributed by atoms with E-state index >= 15 is 0 Å². The molecule has 0 fully saturated rings. The average molecular weight is 365 g/mol. The lowest BCUT2D eigenvalue weighted by Crippen LogP contribution is -2.12. The van der Waals surface area contributed by atoms with Crippen LogP contribution in [0.25, 0.3) is 11.4 Å². The van der Waals surface area contributed by atoms with E-state index in [1.165, 1.54) is 5.56 Å². The fourth-order valence-electron chi connectivity index (χ4n) is 1.84. The molecule has 0 amide bonds. The molecule has 2 rings (SSSR count). The van der Waals surface area contributed by atoms with Crippen molar-refractivity contribution in [1.82, 2.24) is 9.97 Å². The Morgan fingerprint density at radius 1 is 0.864 bits per heavy atom. The first kappa shape index (κ1) is 16.7. The minimum atomic E-state index is 0.0176. The molecule has 118 valence electrons. The summed E-state index contributed by atoms with van der Waals surface area (Å²) >= 11 is 3.48. The van der Waals surface area contributed by atoms with Crippen molar-refractivity contribution in [2.24, 2.45) is 0 Å². The molecule has 0 spiro atoms. The number of benzene rings is 1. The van der Waals surface area contributed by atoms with Crippen LogP contribution >= 0.6 is 15.9 Å². The van der Waals surface area contributed by atoms with Gasteiger partial charge in [0.2, 0.25) is 11.8 Å². The molecule has 0 aliphatic heterocycles. The summed E-state index contributed by atoms with van der Waals surface area (Å²) in [5, 5.41) is 0. The quantitative estimate of drug-likeness (QED) is 0.764. The minimum absolute atomic E-state index is 0.0176. The van der Waals surface area contributed by atoms with Crippen LogP contribution in [0, 0.1) is 6.92 Å². The molecule has 0 bridgehead atoms. The maximum absolute atomic E-state index is 5.78. The Morgan fingerprint density at radius 3 is 1.73 bits per heavy atom. The highest BCUT2D eigenvalue weighted by atomic mass is 79.9. The van der Waals surface area contributed by atoms with Crippen LogP contribution in [0.2, 0.25) is 0 Å². The van der Waals surface area contributed by atoms with Gasteiger partial charge in [0.25, 0.3) is 0 Å². The lowest BCUT2D eigenvalue weighted by molar-refractivity contribution is 0.213. The van der Waals surface area contributed by atoms with Gasteiger partial charge in [-0.3, -0.25) is 0 Å². The number of ether oxygens (including phenoxy) is 2. The SMILES string of the molecule is Cc1ccc(-c2nc(OC(C)C)c(Br)c(OC(C)C)n2)cc1. The molecular formula is C17H21BrN2O2. The van der Waals surface area contributed by atoms with Gasteiger partial charge in [-0.15, -0.1) is 0 Å². The number of rotatable bonds is 5. The second kappa shape index (κ2) is 7.09. The molecule has 1 aromatic carbocycles. The van der Waals surface area contributed by atoms with Crippen molar-refractivity contribution in [2.45, 2.75) is 46.8 Å². The second-order valence-corrected chi connectivity index (χ2v) is 6.46. The van der Waals surface area contributed by atoms with E-state index in [0.717, 1.165) is 5.56 Å².